The first-order chi connectivity index (χ1) is 12.7. The normalized spacial score (nSPS) is 13.7. The molecule has 0 aliphatic carbocycles. The highest BCUT2D eigenvalue weighted by Crippen LogP contribution is 2.25. The van der Waals surface area contributed by atoms with Crippen molar-refractivity contribution in [2.45, 2.75) is 31.1 Å². The molecule has 0 atom stereocenters. The van der Waals surface area contributed by atoms with E-state index in [0.717, 1.165) is 42.9 Å². The van der Waals surface area contributed by atoms with Gasteiger partial charge in [-0.15, -0.1) is 11.8 Å². The minimum Gasteiger partial charge on any atom is -0.342 e. The molecular formula is C21H24N2O2S. The maximum Gasteiger partial charge on any atom is 0.256 e. The van der Waals surface area contributed by atoms with E-state index in [9.17, 15) is 9.59 Å². The van der Waals surface area contributed by atoms with Crippen LogP contribution in [0.5, 0.6) is 0 Å². The van der Waals surface area contributed by atoms with Crippen molar-refractivity contribution in [2.24, 2.45) is 0 Å². The largest absolute Gasteiger partial charge is 0.342 e. The Morgan fingerprint density at radius 1 is 1.04 bits per heavy atom. The van der Waals surface area contributed by atoms with Crippen LogP contribution in [0.25, 0.3) is 0 Å². The number of carbonyl (C=O) groups is 2. The van der Waals surface area contributed by atoms with E-state index < -0.39 is 0 Å². The molecule has 2 amide bonds. The number of nitrogens with zero attached hydrogens (tertiary/aromatic N) is 1. The molecule has 1 saturated heterocycles. The molecule has 2 aromatic carbocycles. The van der Waals surface area contributed by atoms with Gasteiger partial charge < -0.3 is 10.2 Å². The lowest BCUT2D eigenvalue weighted by molar-refractivity contribution is -0.127. The van der Waals surface area contributed by atoms with E-state index in [-0.39, 0.29) is 11.8 Å². The Hall–Kier alpha value is -2.27. The van der Waals surface area contributed by atoms with E-state index >= 15 is 0 Å². The van der Waals surface area contributed by atoms with Gasteiger partial charge in [0.15, 0.2) is 0 Å². The first kappa shape index (κ1) is 18.5. The molecule has 0 spiro atoms. The fraction of sp³-hybridized carbons (Fsp3) is 0.333. The standard InChI is InChI=1S/C21H24N2O2S/c1-2-16-9-11-17(12-10-16)22-21(25)18-7-3-4-8-19(18)26-15-20(24)23-13-5-6-14-23/h3-4,7-12H,2,5-6,13-15H2,1H3,(H,22,25). The summed E-state index contributed by atoms with van der Waals surface area (Å²) in [5.41, 5.74) is 2.62. The smallest absolute Gasteiger partial charge is 0.256 e. The third-order valence-corrected chi connectivity index (χ3v) is 5.62. The third kappa shape index (κ3) is 4.67. The summed E-state index contributed by atoms with van der Waals surface area (Å²) in [7, 11) is 0. The summed E-state index contributed by atoms with van der Waals surface area (Å²) in [6.45, 7) is 3.81. The highest BCUT2D eigenvalue weighted by Gasteiger charge is 2.19. The summed E-state index contributed by atoms with van der Waals surface area (Å²) >= 11 is 1.43. The number of likely N-dealkylation sites (tertiary alicyclic amines) is 1. The molecule has 1 heterocycles. The highest BCUT2D eigenvalue weighted by atomic mass is 32.2. The molecule has 0 unspecified atom stereocenters. The quantitative estimate of drug-likeness (QED) is 0.777. The van der Waals surface area contributed by atoms with Crippen molar-refractivity contribution in [3.8, 4) is 0 Å². The Morgan fingerprint density at radius 3 is 2.42 bits per heavy atom. The van der Waals surface area contributed by atoms with Crippen LogP contribution in [0.3, 0.4) is 0 Å². The van der Waals surface area contributed by atoms with Gasteiger partial charge in [0, 0.05) is 23.7 Å². The number of aryl methyl sites for hydroxylation is 1. The fourth-order valence-corrected chi connectivity index (χ4v) is 3.95. The van der Waals surface area contributed by atoms with E-state index in [1.807, 2.05) is 47.4 Å². The van der Waals surface area contributed by atoms with Gasteiger partial charge in [-0.3, -0.25) is 9.59 Å². The van der Waals surface area contributed by atoms with E-state index in [1.165, 1.54) is 17.3 Å². The molecular weight excluding hydrogens is 344 g/mol. The van der Waals surface area contributed by atoms with Crippen LogP contribution < -0.4 is 5.32 Å². The van der Waals surface area contributed by atoms with E-state index in [0.29, 0.717) is 11.3 Å². The summed E-state index contributed by atoms with van der Waals surface area (Å²) in [6.07, 6.45) is 3.15. The minimum atomic E-state index is -0.147. The predicted molar refractivity (Wildman–Crippen MR) is 107 cm³/mol. The molecule has 1 aliphatic heterocycles. The van der Waals surface area contributed by atoms with Gasteiger partial charge in [0.05, 0.1) is 11.3 Å². The molecule has 26 heavy (non-hydrogen) atoms. The first-order valence-corrected chi connectivity index (χ1v) is 10.1. The van der Waals surface area contributed by atoms with Crippen LogP contribution in [0.15, 0.2) is 53.4 Å². The maximum absolute atomic E-state index is 12.7. The lowest BCUT2D eigenvalue weighted by Crippen LogP contribution is -2.29. The number of carbonyl (C=O) groups excluding carboxylic acids is 2. The average molecular weight is 369 g/mol. The van der Waals surface area contributed by atoms with E-state index in [2.05, 4.69) is 12.2 Å². The monoisotopic (exact) mass is 368 g/mol. The van der Waals surface area contributed by atoms with Gasteiger partial charge in [0.25, 0.3) is 5.91 Å². The van der Waals surface area contributed by atoms with Crippen LogP contribution in [0.2, 0.25) is 0 Å². The maximum atomic E-state index is 12.7. The van der Waals surface area contributed by atoms with Gasteiger partial charge in [0.1, 0.15) is 0 Å². The molecule has 0 aromatic heterocycles. The average Bonchev–Trinajstić information content (AvgIpc) is 3.22. The summed E-state index contributed by atoms with van der Waals surface area (Å²) in [5, 5.41) is 2.95. The van der Waals surface area contributed by atoms with E-state index in [1.54, 1.807) is 6.07 Å². The lowest BCUT2D eigenvalue weighted by Gasteiger charge is -2.15. The van der Waals surface area contributed by atoms with Gasteiger partial charge >= 0.3 is 0 Å². The van der Waals surface area contributed by atoms with Gasteiger partial charge in [-0.25, -0.2) is 0 Å². The van der Waals surface area contributed by atoms with Crippen molar-refractivity contribution >= 4 is 29.3 Å². The van der Waals surface area contributed by atoms with Crippen LogP contribution in [0.1, 0.15) is 35.7 Å². The number of nitrogens with one attached hydrogen (secondary N) is 1. The van der Waals surface area contributed by atoms with Crippen LogP contribution in [0, 0.1) is 0 Å². The summed E-state index contributed by atoms with van der Waals surface area (Å²) in [4.78, 5) is 27.7. The van der Waals surface area contributed by atoms with Crippen molar-refractivity contribution in [2.75, 3.05) is 24.2 Å². The molecule has 0 saturated carbocycles. The topological polar surface area (TPSA) is 49.4 Å². The van der Waals surface area contributed by atoms with Crippen LogP contribution >= 0.6 is 11.8 Å². The minimum absolute atomic E-state index is 0.147. The van der Waals surface area contributed by atoms with Gasteiger partial charge in [-0.1, -0.05) is 31.2 Å². The molecule has 5 heteroatoms. The Morgan fingerprint density at radius 2 is 1.73 bits per heavy atom. The van der Waals surface area contributed by atoms with Crippen molar-refractivity contribution in [1.29, 1.82) is 0 Å². The Labute approximate surface area is 159 Å². The molecule has 1 fully saturated rings. The molecule has 1 N–H and O–H groups in total. The predicted octanol–water partition coefficient (Wildman–Crippen LogP) is 4.22. The Kier molecular flexibility index (Phi) is 6.34. The highest BCUT2D eigenvalue weighted by molar-refractivity contribution is 8.00. The van der Waals surface area contributed by atoms with Crippen LogP contribution in [-0.2, 0) is 11.2 Å². The zero-order valence-corrected chi connectivity index (χ0v) is 15.8. The fourth-order valence-electron chi connectivity index (χ4n) is 3.00. The number of anilines is 1. The number of amides is 2. The van der Waals surface area contributed by atoms with Crippen molar-refractivity contribution in [3.05, 3.63) is 59.7 Å². The number of benzene rings is 2. The molecule has 1 aliphatic rings. The molecule has 136 valence electrons. The molecule has 0 bridgehead atoms. The van der Waals surface area contributed by atoms with Gasteiger partial charge in [-0.05, 0) is 49.1 Å². The molecule has 2 aromatic rings. The number of hydrogen-bond acceptors (Lipinski definition) is 3. The number of hydrogen-bond donors (Lipinski definition) is 1. The van der Waals surface area contributed by atoms with Crippen molar-refractivity contribution in [1.82, 2.24) is 4.90 Å². The second-order valence-electron chi connectivity index (χ2n) is 6.38. The van der Waals surface area contributed by atoms with E-state index in [4.69, 9.17) is 0 Å². The second kappa shape index (κ2) is 8.90. The lowest BCUT2D eigenvalue weighted by atomic mass is 10.1. The molecule has 0 radical (unpaired) electrons. The third-order valence-electron chi connectivity index (χ3n) is 4.56. The SMILES string of the molecule is CCc1ccc(NC(=O)c2ccccc2SCC(=O)N2CCCC2)cc1. The summed E-state index contributed by atoms with van der Waals surface area (Å²) in [6, 6.07) is 15.3. The summed E-state index contributed by atoms with van der Waals surface area (Å²) < 4.78 is 0. The zero-order chi connectivity index (χ0) is 18.4. The Bertz CT molecular complexity index is 768. The van der Waals surface area contributed by atoms with Gasteiger partial charge in [0.2, 0.25) is 5.91 Å². The molecule has 3 rings (SSSR count). The first-order valence-electron chi connectivity index (χ1n) is 9.07. The van der Waals surface area contributed by atoms with Crippen LogP contribution in [-0.4, -0.2) is 35.6 Å². The number of thioether (sulfide) groups is 1. The number of rotatable bonds is 6. The summed E-state index contributed by atoms with van der Waals surface area (Å²) in [5.74, 6) is 0.374. The molecule has 4 nitrogen and oxygen atoms in total. The van der Waals surface area contributed by atoms with Crippen LogP contribution in [0.4, 0.5) is 5.69 Å². The second-order valence-corrected chi connectivity index (χ2v) is 7.39. The van der Waals surface area contributed by atoms with Gasteiger partial charge in [-0.2, -0.15) is 0 Å². The van der Waals surface area contributed by atoms with Crippen molar-refractivity contribution in [3.63, 3.8) is 0 Å². The van der Waals surface area contributed by atoms with Crippen molar-refractivity contribution < 1.29 is 9.59 Å². The Balaban J connectivity index is 1.65. The zero-order valence-electron chi connectivity index (χ0n) is 15.0.